The van der Waals surface area contributed by atoms with Crippen LogP contribution in [0.3, 0.4) is 0 Å². The summed E-state index contributed by atoms with van der Waals surface area (Å²) in [7, 11) is 3.13. The highest BCUT2D eigenvalue weighted by molar-refractivity contribution is 5.74. The highest BCUT2D eigenvalue weighted by Gasteiger charge is 2.15. The first-order chi connectivity index (χ1) is 12.6. The average Bonchev–Trinajstić information content (AvgIpc) is 2.67. The van der Waals surface area contributed by atoms with Gasteiger partial charge in [-0.2, -0.15) is 0 Å². The molecule has 0 aliphatic heterocycles. The summed E-state index contributed by atoms with van der Waals surface area (Å²) in [4.78, 5) is 16.1. The van der Waals surface area contributed by atoms with Crippen LogP contribution in [0.1, 0.15) is 31.0 Å². The molecular formula is C19H25N3O4. The van der Waals surface area contributed by atoms with Gasteiger partial charge in [0.15, 0.2) is 11.5 Å². The van der Waals surface area contributed by atoms with Gasteiger partial charge in [-0.15, -0.1) is 0 Å². The summed E-state index contributed by atoms with van der Waals surface area (Å²) in [5.74, 6) is 1.68. The van der Waals surface area contributed by atoms with Gasteiger partial charge in [-0.3, -0.25) is 4.98 Å². The fourth-order valence-electron chi connectivity index (χ4n) is 2.49. The molecule has 0 saturated heterocycles. The summed E-state index contributed by atoms with van der Waals surface area (Å²) in [6, 6.07) is 6.99. The molecular weight excluding hydrogens is 334 g/mol. The van der Waals surface area contributed by atoms with Crippen LogP contribution in [0.5, 0.6) is 17.2 Å². The number of ether oxygens (including phenoxy) is 3. The third kappa shape index (κ3) is 5.02. The minimum atomic E-state index is -0.263. The van der Waals surface area contributed by atoms with E-state index < -0.39 is 0 Å². The van der Waals surface area contributed by atoms with E-state index in [2.05, 4.69) is 15.6 Å². The van der Waals surface area contributed by atoms with Crippen molar-refractivity contribution in [3.05, 3.63) is 47.8 Å². The van der Waals surface area contributed by atoms with E-state index in [0.717, 1.165) is 11.1 Å². The third-order valence-corrected chi connectivity index (χ3v) is 3.82. The summed E-state index contributed by atoms with van der Waals surface area (Å²) >= 11 is 0. The van der Waals surface area contributed by atoms with E-state index in [9.17, 15) is 4.79 Å². The van der Waals surface area contributed by atoms with Crippen LogP contribution in [-0.4, -0.2) is 31.8 Å². The fraction of sp³-hybridized carbons (Fsp3) is 0.368. The van der Waals surface area contributed by atoms with Crippen LogP contribution < -0.4 is 24.8 Å². The van der Waals surface area contributed by atoms with Gasteiger partial charge < -0.3 is 24.8 Å². The third-order valence-electron chi connectivity index (χ3n) is 3.82. The van der Waals surface area contributed by atoms with E-state index in [4.69, 9.17) is 14.2 Å². The Morgan fingerprint density at radius 1 is 1.15 bits per heavy atom. The van der Waals surface area contributed by atoms with Gasteiger partial charge in [-0.25, -0.2) is 4.79 Å². The monoisotopic (exact) mass is 359 g/mol. The number of methoxy groups -OCH3 is 2. The Morgan fingerprint density at radius 2 is 1.77 bits per heavy atom. The first kappa shape index (κ1) is 19.4. The molecule has 1 unspecified atom stereocenters. The number of hydrogen-bond acceptors (Lipinski definition) is 5. The van der Waals surface area contributed by atoms with Gasteiger partial charge in [0, 0.05) is 18.9 Å². The average molecular weight is 359 g/mol. The number of carbonyl (C=O) groups excluding carboxylic acids is 1. The van der Waals surface area contributed by atoms with Crippen LogP contribution in [0, 0.1) is 0 Å². The second kappa shape index (κ2) is 9.50. The van der Waals surface area contributed by atoms with Crippen molar-refractivity contribution in [2.45, 2.75) is 26.4 Å². The Hall–Kier alpha value is -2.96. The molecule has 1 aromatic heterocycles. The van der Waals surface area contributed by atoms with Gasteiger partial charge in [-0.1, -0.05) is 0 Å². The maximum absolute atomic E-state index is 12.2. The number of rotatable bonds is 8. The molecule has 7 heteroatoms. The van der Waals surface area contributed by atoms with Crippen LogP contribution in [0.2, 0.25) is 0 Å². The molecule has 1 aromatic carbocycles. The molecule has 2 aromatic rings. The van der Waals surface area contributed by atoms with Crippen molar-refractivity contribution in [1.82, 2.24) is 15.6 Å². The van der Waals surface area contributed by atoms with Crippen molar-refractivity contribution in [3.63, 3.8) is 0 Å². The second-order valence-electron chi connectivity index (χ2n) is 5.59. The van der Waals surface area contributed by atoms with Crippen molar-refractivity contribution in [2.75, 3.05) is 20.8 Å². The molecule has 140 valence electrons. The lowest BCUT2D eigenvalue weighted by atomic mass is 10.1. The summed E-state index contributed by atoms with van der Waals surface area (Å²) in [5, 5.41) is 5.73. The number of carbonyl (C=O) groups is 1. The Labute approximate surface area is 153 Å². The van der Waals surface area contributed by atoms with Gasteiger partial charge in [0.25, 0.3) is 0 Å². The summed E-state index contributed by atoms with van der Waals surface area (Å²) in [6.45, 7) is 4.63. The molecule has 26 heavy (non-hydrogen) atoms. The highest BCUT2D eigenvalue weighted by Crippen LogP contribution is 2.38. The van der Waals surface area contributed by atoms with Crippen LogP contribution in [-0.2, 0) is 6.54 Å². The first-order valence-electron chi connectivity index (χ1n) is 8.41. The molecule has 2 N–H and O–H groups in total. The van der Waals surface area contributed by atoms with Crippen molar-refractivity contribution < 1.29 is 19.0 Å². The minimum absolute atomic E-state index is 0.123. The molecule has 0 aliphatic rings. The summed E-state index contributed by atoms with van der Waals surface area (Å²) < 4.78 is 16.3. The predicted octanol–water partition coefficient (Wildman–Crippen LogP) is 3.06. The molecule has 0 bridgehead atoms. The predicted molar refractivity (Wildman–Crippen MR) is 98.7 cm³/mol. The van der Waals surface area contributed by atoms with E-state index in [0.29, 0.717) is 30.4 Å². The zero-order valence-electron chi connectivity index (χ0n) is 15.5. The van der Waals surface area contributed by atoms with E-state index in [1.54, 1.807) is 26.6 Å². The van der Waals surface area contributed by atoms with Gasteiger partial charge >= 0.3 is 6.03 Å². The van der Waals surface area contributed by atoms with Crippen LogP contribution >= 0.6 is 0 Å². The number of benzene rings is 1. The van der Waals surface area contributed by atoms with Crippen molar-refractivity contribution >= 4 is 6.03 Å². The van der Waals surface area contributed by atoms with Crippen molar-refractivity contribution in [3.8, 4) is 17.2 Å². The van der Waals surface area contributed by atoms with Crippen LogP contribution in [0.25, 0.3) is 0 Å². The Bertz CT molecular complexity index is 697. The molecule has 2 rings (SSSR count). The Morgan fingerprint density at radius 3 is 2.31 bits per heavy atom. The molecule has 0 saturated carbocycles. The molecule has 0 spiro atoms. The maximum Gasteiger partial charge on any atom is 0.315 e. The fourth-order valence-corrected chi connectivity index (χ4v) is 2.49. The minimum Gasteiger partial charge on any atom is -0.493 e. The number of aromatic nitrogens is 1. The van der Waals surface area contributed by atoms with Crippen LogP contribution in [0.4, 0.5) is 4.79 Å². The number of pyridine rings is 1. The number of amides is 2. The van der Waals surface area contributed by atoms with Crippen molar-refractivity contribution in [2.24, 2.45) is 0 Å². The molecule has 1 atom stereocenters. The Kier molecular flexibility index (Phi) is 7.08. The molecule has 7 nitrogen and oxygen atoms in total. The second-order valence-corrected chi connectivity index (χ2v) is 5.59. The standard InChI is InChI=1S/C19H25N3O4/c1-5-26-18-16(24-3)10-14(11-17(18)25-4)12-21-19(23)22-13(2)15-6-8-20-9-7-15/h6-11,13H,5,12H2,1-4H3,(H2,21,22,23). The highest BCUT2D eigenvalue weighted by atomic mass is 16.5. The number of urea groups is 1. The molecule has 1 heterocycles. The lowest BCUT2D eigenvalue weighted by Crippen LogP contribution is -2.36. The normalized spacial score (nSPS) is 11.4. The van der Waals surface area contributed by atoms with Crippen molar-refractivity contribution in [1.29, 1.82) is 0 Å². The SMILES string of the molecule is CCOc1c(OC)cc(CNC(=O)NC(C)c2ccncc2)cc1OC. The molecule has 0 fully saturated rings. The Balaban J connectivity index is 2.01. The van der Waals surface area contributed by atoms with Gasteiger partial charge in [0.1, 0.15) is 0 Å². The van der Waals surface area contributed by atoms with Gasteiger partial charge in [-0.05, 0) is 49.2 Å². The lowest BCUT2D eigenvalue weighted by molar-refractivity contribution is 0.237. The molecule has 0 radical (unpaired) electrons. The quantitative estimate of drug-likeness (QED) is 0.757. The largest absolute Gasteiger partial charge is 0.493 e. The number of nitrogens with zero attached hydrogens (tertiary/aromatic N) is 1. The maximum atomic E-state index is 12.2. The lowest BCUT2D eigenvalue weighted by Gasteiger charge is -2.17. The van der Waals surface area contributed by atoms with E-state index >= 15 is 0 Å². The topological polar surface area (TPSA) is 81.7 Å². The van der Waals surface area contributed by atoms with E-state index in [1.165, 1.54) is 0 Å². The summed E-state index contributed by atoms with van der Waals surface area (Å²) in [6.07, 6.45) is 3.40. The summed E-state index contributed by atoms with van der Waals surface area (Å²) in [5.41, 5.74) is 1.83. The zero-order valence-corrected chi connectivity index (χ0v) is 15.5. The number of nitrogens with one attached hydrogen (secondary N) is 2. The van der Waals surface area contributed by atoms with Gasteiger partial charge in [0.05, 0.1) is 26.9 Å². The zero-order chi connectivity index (χ0) is 18.9. The van der Waals surface area contributed by atoms with Gasteiger partial charge in [0.2, 0.25) is 5.75 Å². The number of hydrogen-bond donors (Lipinski definition) is 2. The first-order valence-corrected chi connectivity index (χ1v) is 8.41. The molecule has 2 amide bonds. The van der Waals surface area contributed by atoms with E-state index in [-0.39, 0.29) is 12.1 Å². The molecule has 0 aliphatic carbocycles. The van der Waals surface area contributed by atoms with E-state index in [1.807, 2.05) is 38.1 Å². The van der Waals surface area contributed by atoms with Crippen LogP contribution in [0.15, 0.2) is 36.7 Å². The smallest absolute Gasteiger partial charge is 0.315 e.